The fraction of sp³-hybridized carbons (Fsp3) is 0.467. The molecular weight excluding hydrogens is 275 g/mol. The summed E-state index contributed by atoms with van der Waals surface area (Å²) in [5.41, 5.74) is 0.818. The van der Waals surface area contributed by atoms with Crippen molar-refractivity contribution in [1.29, 1.82) is 0 Å². The van der Waals surface area contributed by atoms with E-state index in [9.17, 15) is 14.0 Å². The van der Waals surface area contributed by atoms with Crippen molar-refractivity contribution in [2.24, 2.45) is 0 Å². The van der Waals surface area contributed by atoms with Gasteiger partial charge in [-0.25, -0.2) is 4.39 Å². The molecule has 0 fully saturated rings. The summed E-state index contributed by atoms with van der Waals surface area (Å²) in [6.07, 6.45) is 0. The third-order valence-corrected chi connectivity index (χ3v) is 2.88. The van der Waals surface area contributed by atoms with E-state index < -0.39 is 0 Å². The molecule has 0 aliphatic heterocycles. The van der Waals surface area contributed by atoms with E-state index >= 15 is 0 Å². The van der Waals surface area contributed by atoms with Crippen molar-refractivity contribution in [3.8, 4) is 0 Å². The fourth-order valence-corrected chi connectivity index (χ4v) is 1.73. The van der Waals surface area contributed by atoms with Gasteiger partial charge in [-0.1, -0.05) is 19.1 Å². The van der Waals surface area contributed by atoms with Crippen LogP contribution in [0.25, 0.3) is 0 Å². The zero-order chi connectivity index (χ0) is 15.7. The molecule has 0 atom stereocenters. The molecule has 21 heavy (non-hydrogen) atoms. The highest BCUT2D eigenvalue weighted by atomic mass is 19.1. The minimum atomic E-state index is -0.342. The minimum absolute atomic E-state index is 0.0916. The van der Waals surface area contributed by atoms with Gasteiger partial charge in [0.05, 0.1) is 19.7 Å². The van der Waals surface area contributed by atoms with E-state index in [0.717, 1.165) is 5.56 Å². The third-order valence-electron chi connectivity index (χ3n) is 2.88. The fourth-order valence-electron chi connectivity index (χ4n) is 1.73. The highest BCUT2D eigenvalue weighted by Crippen LogP contribution is 2.02. The first kappa shape index (κ1) is 17.1. The zero-order valence-electron chi connectivity index (χ0n) is 12.4. The highest BCUT2D eigenvalue weighted by molar-refractivity contribution is 5.79. The number of amides is 1. The first-order chi connectivity index (χ1) is 10.0. The standard InChI is InChI=1S/C15H21FN2O3/c1-3-18(11-15(20)21-4-2)10-14(19)17-9-12-5-7-13(16)8-6-12/h5-8H,3-4,9-11H2,1-2H3,(H,17,19). The van der Waals surface area contributed by atoms with Crippen LogP contribution in [0, 0.1) is 5.82 Å². The SMILES string of the molecule is CCOC(=O)CN(CC)CC(=O)NCc1ccc(F)cc1. The van der Waals surface area contributed by atoms with Crippen molar-refractivity contribution in [3.63, 3.8) is 0 Å². The molecule has 1 N–H and O–H groups in total. The first-order valence-corrected chi connectivity index (χ1v) is 6.94. The average Bonchev–Trinajstić information content (AvgIpc) is 2.46. The van der Waals surface area contributed by atoms with Gasteiger partial charge in [-0.15, -0.1) is 0 Å². The predicted octanol–water partition coefficient (Wildman–Crippen LogP) is 1.33. The molecule has 0 saturated heterocycles. The Hall–Kier alpha value is -1.95. The summed E-state index contributed by atoms with van der Waals surface area (Å²) in [5.74, 6) is -0.840. The van der Waals surface area contributed by atoms with Gasteiger partial charge in [-0.2, -0.15) is 0 Å². The van der Waals surface area contributed by atoms with Crippen LogP contribution in [-0.2, 0) is 20.9 Å². The summed E-state index contributed by atoms with van der Waals surface area (Å²) in [4.78, 5) is 24.9. The number of benzene rings is 1. The molecule has 1 rings (SSSR count). The van der Waals surface area contributed by atoms with E-state index in [1.165, 1.54) is 12.1 Å². The zero-order valence-corrected chi connectivity index (χ0v) is 12.4. The molecule has 0 saturated carbocycles. The van der Waals surface area contributed by atoms with Crippen LogP contribution < -0.4 is 5.32 Å². The summed E-state index contributed by atoms with van der Waals surface area (Å²) < 4.78 is 17.6. The summed E-state index contributed by atoms with van der Waals surface area (Å²) in [7, 11) is 0. The molecule has 0 radical (unpaired) electrons. The number of halogens is 1. The van der Waals surface area contributed by atoms with E-state index in [4.69, 9.17) is 4.74 Å². The molecule has 0 spiro atoms. The lowest BCUT2D eigenvalue weighted by Gasteiger charge is -2.18. The van der Waals surface area contributed by atoms with Crippen molar-refractivity contribution >= 4 is 11.9 Å². The summed E-state index contributed by atoms with van der Waals surface area (Å²) >= 11 is 0. The molecule has 1 aromatic carbocycles. The predicted molar refractivity (Wildman–Crippen MR) is 77.0 cm³/mol. The summed E-state index contributed by atoms with van der Waals surface area (Å²) in [6, 6.07) is 5.93. The van der Waals surface area contributed by atoms with Crippen LogP contribution >= 0.6 is 0 Å². The van der Waals surface area contributed by atoms with Gasteiger partial charge in [-0.3, -0.25) is 14.5 Å². The number of esters is 1. The Labute approximate surface area is 124 Å². The first-order valence-electron chi connectivity index (χ1n) is 6.94. The Balaban J connectivity index is 2.37. The van der Waals surface area contributed by atoms with E-state index in [-0.39, 0.29) is 30.8 Å². The number of hydrogen-bond donors (Lipinski definition) is 1. The lowest BCUT2D eigenvalue weighted by atomic mass is 10.2. The van der Waals surface area contributed by atoms with Crippen LogP contribution in [0.5, 0.6) is 0 Å². The molecule has 0 aliphatic rings. The van der Waals surface area contributed by atoms with Crippen molar-refractivity contribution in [2.75, 3.05) is 26.2 Å². The van der Waals surface area contributed by atoms with Gasteiger partial charge in [0.1, 0.15) is 5.82 Å². The Bertz CT molecular complexity index is 462. The number of carbonyl (C=O) groups excluding carboxylic acids is 2. The molecule has 6 heteroatoms. The van der Waals surface area contributed by atoms with Crippen LogP contribution in [0.15, 0.2) is 24.3 Å². The Morgan fingerprint density at radius 3 is 2.43 bits per heavy atom. The van der Waals surface area contributed by atoms with Gasteiger partial charge in [0, 0.05) is 6.54 Å². The molecule has 0 bridgehead atoms. The lowest BCUT2D eigenvalue weighted by molar-refractivity contribution is -0.144. The van der Waals surface area contributed by atoms with Gasteiger partial charge in [0.2, 0.25) is 5.91 Å². The smallest absolute Gasteiger partial charge is 0.320 e. The Morgan fingerprint density at radius 1 is 1.19 bits per heavy atom. The van der Waals surface area contributed by atoms with Crippen molar-refractivity contribution < 1.29 is 18.7 Å². The van der Waals surface area contributed by atoms with Crippen LogP contribution in [0.4, 0.5) is 4.39 Å². The molecule has 0 unspecified atom stereocenters. The second kappa shape index (κ2) is 9.07. The van der Waals surface area contributed by atoms with Gasteiger partial charge in [-0.05, 0) is 31.2 Å². The van der Waals surface area contributed by atoms with Gasteiger partial charge in [0.15, 0.2) is 0 Å². The number of rotatable bonds is 8. The Morgan fingerprint density at radius 2 is 1.86 bits per heavy atom. The lowest BCUT2D eigenvalue weighted by Crippen LogP contribution is -2.39. The molecule has 0 aromatic heterocycles. The third kappa shape index (κ3) is 6.85. The van der Waals surface area contributed by atoms with E-state index in [0.29, 0.717) is 19.7 Å². The van der Waals surface area contributed by atoms with Crippen LogP contribution in [0.2, 0.25) is 0 Å². The van der Waals surface area contributed by atoms with Crippen LogP contribution in [0.1, 0.15) is 19.4 Å². The maximum Gasteiger partial charge on any atom is 0.320 e. The average molecular weight is 296 g/mol. The number of nitrogens with one attached hydrogen (secondary N) is 1. The van der Waals surface area contributed by atoms with Gasteiger partial charge < -0.3 is 10.1 Å². The molecule has 5 nitrogen and oxygen atoms in total. The quantitative estimate of drug-likeness (QED) is 0.735. The molecule has 0 heterocycles. The molecule has 1 amide bonds. The maximum absolute atomic E-state index is 12.7. The van der Waals surface area contributed by atoms with E-state index in [2.05, 4.69) is 5.32 Å². The van der Waals surface area contributed by atoms with Crippen molar-refractivity contribution in [1.82, 2.24) is 10.2 Å². The molecule has 116 valence electrons. The maximum atomic E-state index is 12.7. The molecule has 0 aliphatic carbocycles. The Kier molecular flexibility index (Phi) is 7.39. The van der Waals surface area contributed by atoms with E-state index in [1.807, 2.05) is 6.92 Å². The second-order valence-electron chi connectivity index (χ2n) is 4.51. The summed E-state index contributed by atoms with van der Waals surface area (Å²) in [5, 5.41) is 2.73. The second-order valence-corrected chi connectivity index (χ2v) is 4.51. The number of ether oxygens (including phenoxy) is 1. The van der Waals surface area contributed by atoms with Crippen LogP contribution in [0.3, 0.4) is 0 Å². The van der Waals surface area contributed by atoms with Gasteiger partial charge >= 0.3 is 5.97 Å². The largest absolute Gasteiger partial charge is 0.465 e. The highest BCUT2D eigenvalue weighted by Gasteiger charge is 2.13. The number of hydrogen-bond acceptors (Lipinski definition) is 4. The number of nitrogens with zero attached hydrogens (tertiary/aromatic N) is 1. The van der Waals surface area contributed by atoms with Crippen molar-refractivity contribution in [2.45, 2.75) is 20.4 Å². The topological polar surface area (TPSA) is 58.6 Å². The summed E-state index contributed by atoms with van der Waals surface area (Å²) in [6.45, 7) is 5.05. The normalized spacial score (nSPS) is 10.5. The monoisotopic (exact) mass is 296 g/mol. The number of likely N-dealkylation sites (N-methyl/N-ethyl adjacent to an activating group) is 1. The molecular formula is C15H21FN2O3. The number of carbonyl (C=O) groups is 2. The van der Waals surface area contributed by atoms with Crippen LogP contribution in [-0.4, -0.2) is 43.0 Å². The van der Waals surface area contributed by atoms with E-state index in [1.54, 1.807) is 24.0 Å². The minimum Gasteiger partial charge on any atom is -0.465 e. The molecule has 1 aromatic rings. The van der Waals surface area contributed by atoms with Gasteiger partial charge in [0.25, 0.3) is 0 Å². The van der Waals surface area contributed by atoms with Crippen molar-refractivity contribution in [3.05, 3.63) is 35.6 Å².